The van der Waals surface area contributed by atoms with Gasteiger partial charge in [-0.25, -0.2) is 4.79 Å². The van der Waals surface area contributed by atoms with E-state index in [9.17, 15) is 14.4 Å². The molecule has 1 unspecified atom stereocenters. The zero-order chi connectivity index (χ0) is 22.2. The van der Waals surface area contributed by atoms with Crippen LogP contribution in [0.25, 0.3) is 0 Å². The van der Waals surface area contributed by atoms with E-state index in [1.165, 1.54) is 12.1 Å². The zero-order valence-electron chi connectivity index (χ0n) is 16.6. The van der Waals surface area contributed by atoms with Crippen LogP contribution < -0.4 is 10.6 Å². The standard InChI is InChI=1S/C21H20Cl3N3O3/c1-11(2)12-4-6-13(7-5-12)21(3)19(29)27(20(30)26-21)10-18(28)25-17-9-15(23)14(22)8-16(17)24/h4-9,11H,10H2,1-3H3,(H,25,28)(H,26,30). The first-order chi connectivity index (χ1) is 14.0. The summed E-state index contributed by atoms with van der Waals surface area (Å²) in [7, 11) is 0. The van der Waals surface area contributed by atoms with Crippen LogP contribution in [0.4, 0.5) is 10.5 Å². The Morgan fingerprint density at radius 1 is 1.07 bits per heavy atom. The summed E-state index contributed by atoms with van der Waals surface area (Å²) in [6, 6.07) is 9.62. The summed E-state index contributed by atoms with van der Waals surface area (Å²) in [5.41, 5.74) is 0.735. The summed E-state index contributed by atoms with van der Waals surface area (Å²) in [5, 5.41) is 5.87. The highest BCUT2D eigenvalue weighted by atomic mass is 35.5. The Balaban J connectivity index is 1.76. The Hall–Kier alpha value is -2.28. The number of urea groups is 1. The highest BCUT2D eigenvalue weighted by molar-refractivity contribution is 6.44. The molecule has 30 heavy (non-hydrogen) atoms. The van der Waals surface area contributed by atoms with Crippen molar-refractivity contribution >= 4 is 58.3 Å². The Morgan fingerprint density at radius 2 is 1.67 bits per heavy atom. The minimum absolute atomic E-state index is 0.185. The number of hydrogen-bond acceptors (Lipinski definition) is 3. The molecule has 1 saturated heterocycles. The Morgan fingerprint density at radius 3 is 2.27 bits per heavy atom. The summed E-state index contributed by atoms with van der Waals surface area (Å²) in [4.78, 5) is 38.8. The molecule has 1 heterocycles. The van der Waals surface area contributed by atoms with Crippen molar-refractivity contribution < 1.29 is 14.4 Å². The smallest absolute Gasteiger partial charge is 0.323 e. The molecule has 2 N–H and O–H groups in total. The van der Waals surface area contributed by atoms with Gasteiger partial charge in [-0.15, -0.1) is 0 Å². The van der Waals surface area contributed by atoms with Gasteiger partial charge < -0.3 is 10.6 Å². The quantitative estimate of drug-likeness (QED) is 0.469. The van der Waals surface area contributed by atoms with Gasteiger partial charge in [0.25, 0.3) is 5.91 Å². The lowest BCUT2D eigenvalue weighted by Crippen LogP contribution is -2.42. The molecule has 0 bridgehead atoms. The van der Waals surface area contributed by atoms with E-state index in [1.807, 2.05) is 24.3 Å². The largest absolute Gasteiger partial charge is 0.325 e. The average molecular weight is 469 g/mol. The molecule has 0 spiro atoms. The number of nitrogens with one attached hydrogen (secondary N) is 2. The Kier molecular flexibility index (Phi) is 6.32. The maximum Gasteiger partial charge on any atom is 0.325 e. The maximum atomic E-state index is 13.0. The molecule has 158 valence electrons. The van der Waals surface area contributed by atoms with Gasteiger partial charge in [-0.2, -0.15) is 0 Å². The molecule has 4 amide bonds. The van der Waals surface area contributed by atoms with Gasteiger partial charge in [0.1, 0.15) is 12.1 Å². The normalized spacial score (nSPS) is 18.7. The van der Waals surface area contributed by atoms with Crippen molar-refractivity contribution in [2.45, 2.75) is 32.2 Å². The van der Waals surface area contributed by atoms with Crippen LogP contribution in [0.3, 0.4) is 0 Å². The van der Waals surface area contributed by atoms with Gasteiger partial charge in [0, 0.05) is 0 Å². The van der Waals surface area contributed by atoms with E-state index in [0.717, 1.165) is 10.5 Å². The molecule has 3 rings (SSSR count). The molecule has 1 atom stereocenters. The summed E-state index contributed by atoms with van der Waals surface area (Å²) < 4.78 is 0. The van der Waals surface area contributed by atoms with Gasteiger partial charge in [-0.3, -0.25) is 14.5 Å². The fraction of sp³-hybridized carbons (Fsp3) is 0.286. The van der Waals surface area contributed by atoms with Crippen LogP contribution in [0.2, 0.25) is 15.1 Å². The molecule has 0 aromatic heterocycles. The van der Waals surface area contributed by atoms with Crippen molar-refractivity contribution in [2.24, 2.45) is 0 Å². The second-order valence-electron chi connectivity index (χ2n) is 7.52. The molecule has 6 nitrogen and oxygen atoms in total. The van der Waals surface area contributed by atoms with Gasteiger partial charge in [0.05, 0.1) is 20.8 Å². The predicted molar refractivity (Wildman–Crippen MR) is 118 cm³/mol. The van der Waals surface area contributed by atoms with Crippen LogP contribution in [0.5, 0.6) is 0 Å². The molecule has 0 saturated carbocycles. The van der Waals surface area contributed by atoms with Crippen LogP contribution in [0.1, 0.15) is 37.8 Å². The van der Waals surface area contributed by atoms with Crippen LogP contribution in [-0.2, 0) is 15.1 Å². The van der Waals surface area contributed by atoms with Crippen molar-refractivity contribution in [3.8, 4) is 0 Å². The van der Waals surface area contributed by atoms with E-state index in [4.69, 9.17) is 34.8 Å². The van der Waals surface area contributed by atoms with Gasteiger partial charge in [-0.1, -0.05) is 72.9 Å². The molecule has 1 aliphatic rings. The van der Waals surface area contributed by atoms with E-state index in [-0.39, 0.29) is 20.8 Å². The van der Waals surface area contributed by atoms with Crippen molar-refractivity contribution in [2.75, 3.05) is 11.9 Å². The number of carbonyl (C=O) groups is 3. The van der Waals surface area contributed by atoms with Gasteiger partial charge in [-0.05, 0) is 36.1 Å². The molecular weight excluding hydrogens is 449 g/mol. The van der Waals surface area contributed by atoms with Crippen LogP contribution in [0.15, 0.2) is 36.4 Å². The monoisotopic (exact) mass is 467 g/mol. The number of amides is 4. The molecular formula is C21H20Cl3N3O3. The van der Waals surface area contributed by atoms with Gasteiger partial charge in [0.2, 0.25) is 5.91 Å². The molecule has 1 aliphatic heterocycles. The third-order valence-corrected chi connectivity index (χ3v) is 6.05. The number of anilines is 1. The highest BCUT2D eigenvalue weighted by Crippen LogP contribution is 2.33. The van der Waals surface area contributed by atoms with Crippen LogP contribution >= 0.6 is 34.8 Å². The number of nitrogens with zero attached hydrogens (tertiary/aromatic N) is 1. The number of benzene rings is 2. The molecule has 0 radical (unpaired) electrons. The second kappa shape index (κ2) is 8.46. The first-order valence-electron chi connectivity index (χ1n) is 9.22. The number of halogens is 3. The molecule has 0 aliphatic carbocycles. The third kappa shape index (κ3) is 4.26. The minimum Gasteiger partial charge on any atom is -0.323 e. The number of rotatable bonds is 5. The summed E-state index contributed by atoms with van der Waals surface area (Å²) in [6.45, 7) is 5.28. The summed E-state index contributed by atoms with van der Waals surface area (Å²) >= 11 is 17.9. The fourth-order valence-corrected chi connectivity index (χ4v) is 3.78. The van der Waals surface area contributed by atoms with Crippen molar-refractivity contribution in [3.63, 3.8) is 0 Å². The topological polar surface area (TPSA) is 78.5 Å². The Labute approximate surface area is 189 Å². The Bertz CT molecular complexity index is 1020. The van der Waals surface area contributed by atoms with Crippen LogP contribution in [-0.4, -0.2) is 29.3 Å². The molecule has 2 aromatic rings. The lowest BCUT2D eigenvalue weighted by atomic mass is 9.90. The van der Waals surface area contributed by atoms with Crippen molar-refractivity contribution in [1.29, 1.82) is 0 Å². The first-order valence-corrected chi connectivity index (χ1v) is 10.3. The number of carbonyl (C=O) groups excluding carboxylic acids is 3. The van der Waals surface area contributed by atoms with E-state index in [1.54, 1.807) is 6.92 Å². The molecule has 9 heteroatoms. The molecule has 1 fully saturated rings. The van der Waals surface area contributed by atoms with Gasteiger partial charge in [0.15, 0.2) is 0 Å². The summed E-state index contributed by atoms with van der Waals surface area (Å²) in [5.74, 6) is -0.771. The van der Waals surface area contributed by atoms with E-state index in [0.29, 0.717) is 11.5 Å². The van der Waals surface area contributed by atoms with E-state index >= 15 is 0 Å². The highest BCUT2D eigenvalue weighted by Gasteiger charge is 2.49. The lowest BCUT2D eigenvalue weighted by Gasteiger charge is -2.22. The van der Waals surface area contributed by atoms with Gasteiger partial charge >= 0.3 is 6.03 Å². The predicted octanol–water partition coefficient (Wildman–Crippen LogP) is 5.18. The average Bonchev–Trinajstić information content (AvgIpc) is 2.90. The number of imide groups is 1. The first kappa shape index (κ1) is 22.4. The SMILES string of the molecule is CC(C)c1ccc(C2(C)NC(=O)N(CC(=O)Nc3cc(Cl)c(Cl)cc3Cl)C2=O)cc1. The van der Waals surface area contributed by atoms with E-state index in [2.05, 4.69) is 24.5 Å². The van der Waals surface area contributed by atoms with Crippen molar-refractivity contribution in [3.05, 3.63) is 62.6 Å². The van der Waals surface area contributed by atoms with Crippen molar-refractivity contribution in [1.82, 2.24) is 10.2 Å². The fourth-order valence-electron chi connectivity index (χ4n) is 3.19. The molecule has 2 aromatic carbocycles. The summed E-state index contributed by atoms with van der Waals surface area (Å²) in [6.07, 6.45) is 0. The second-order valence-corrected chi connectivity index (χ2v) is 8.74. The lowest BCUT2D eigenvalue weighted by molar-refractivity contribution is -0.133. The van der Waals surface area contributed by atoms with E-state index < -0.39 is 29.9 Å². The minimum atomic E-state index is -1.26. The zero-order valence-corrected chi connectivity index (χ0v) is 18.8. The number of hydrogen-bond donors (Lipinski definition) is 2. The maximum absolute atomic E-state index is 13.0. The van der Waals surface area contributed by atoms with Crippen LogP contribution in [0, 0.1) is 0 Å². The third-order valence-electron chi connectivity index (χ3n) is 5.02.